The molecule has 0 bridgehead atoms. The van der Waals surface area contributed by atoms with Crippen LogP contribution in [0.4, 0.5) is 0 Å². The molecule has 2 fully saturated rings. The van der Waals surface area contributed by atoms with Crippen LogP contribution in [0.3, 0.4) is 0 Å². The van der Waals surface area contributed by atoms with E-state index >= 15 is 0 Å². The third-order valence-corrected chi connectivity index (χ3v) is 25.8. The standard InChI is InChI=1S/C108H108O18S2/c1-71(41-37-43-73(3)61-63-85-75(5)89(65-67-107(85,7)8)127-105-95(125-103(115)83-57-31-17-32-58-83)93(123-101(113)81-53-27-15-28-54-81)91(121-99(111)79-49-23-13-24-50-79)87(119-105)69-117-97(109)77-45-19-11-20-46-77)39-35-36-40-72(2)42-38-44-74(4)62-64-86-76(6)90(66-68-108(86,9)10)128-106-96(126-104(116)84-59-33-18-34-60-84)94(124-102(114)82-55-29-16-30-56-82)92(122-100(112)80-51-25-14-26-52-80)88(120-106)70-118-98(110)78-47-21-12-22-48-78/h11-64,87-96,105-106H,65-70H2,1-10H3/b36-35+,41-37+,42-38+,63-61+,64-62+,71-39+,72-40+,73-43+,74-44+/t87-,88-,89-,90-,91-,92-,93+,94+,95-,96-,105+,106+/m1/s1. The minimum absolute atomic E-state index is 0.199. The first kappa shape index (κ1) is 94.4. The molecule has 20 heteroatoms. The summed E-state index contributed by atoms with van der Waals surface area (Å²) in [5.74, 6) is -5.84. The molecule has 0 aromatic heterocycles. The van der Waals surface area contributed by atoms with Gasteiger partial charge in [0.1, 0.15) is 36.3 Å². The van der Waals surface area contributed by atoms with Crippen molar-refractivity contribution < 1.29 is 85.7 Å². The molecular formula is C108H108O18S2. The lowest BCUT2D eigenvalue weighted by molar-refractivity contribution is -0.207. The van der Waals surface area contributed by atoms with Crippen molar-refractivity contribution >= 4 is 71.3 Å². The Morgan fingerprint density at radius 1 is 0.312 bits per heavy atom. The summed E-state index contributed by atoms with van der Waals surface area (Å²) in [5.41, 5.74) is 7.62. The molecule has 0 unspecified atom stereocenters. The van der Waals surface area contributed by atoms with E-state index in [-0.39, 0.29) is 65.8 Å². The topological polar surface area (TPSA) is 229 Å². The maximum absolute atomic E-state index is 14.4. The predicted molar refractivity (Wildman–Crippen MR) is 500 cm³/mol. The van der Waals surface area contributed by atoms with Crippen LogP contribution in [0.1, 0.15) is 178 Å². The highest BCUT2D eigenvalue weighted by Gasteiger charge is 2.56. The number of carbonyl (C=O) groups is 8. The largest absolute Gasteiger partial charge is 0.459 e. The molecule has 128 heavy (non-hydrogen) atoms. The fourth-order valence-electron chi connectivity index (χ4n) is 15.5. The number of thioether (sulfide) groups is 2. The number of rotatable bonds is 32. The van der Waals surface area contributed by atoms with Gasteiger partial charge in [0.2, 0.25) is 0 Å². The number of esters is 8. The Kier molecular flexibility index (Phi) is 33.7. The maximum atomic E-state index is 14.4. The van der Waals surface area contributed by atoms with Crippen LogP contribution in [0.2, 0.25) is 0 Å². The fraction of sp³-hybridized carbons (Fsp3) is 0.278. The molecule has 0 amide bonds. The molecular weight excluding hydrogens is 1650 g/mol. The summed E-state index contributed by atoms with van der Waals surface area (Å²) in [6.07, 6.45) is 20.7. The summed E-state index contributed by atoms with van der Waals surface area (Å²) < 4.78 is 64.4. The molecule has 2 heterocycles. The lowest BCUT2D eigenvalue weighted by Gasteiger charge is -2.46. The van der Waals surface area contributed by atoms with Crippen LogP contribution in [0.5, 0.6) is 0 Å². The number of carbonyl (C=O) groups excluding carboxylic acids is 8. The first-order valence-corrected chi connectivity index (χ1v) is 44.8. The average Bonchev–Trinajstić information content (AvgIpc) is 0.767. The predicted octanol–water partition coefficient (Wildman–Crippen LogP) is 22.5. The summed E-state index contributed by atoms with van der Waals surface area (Å²) in [5, 5.41) is -0.444. The van der Waals surface area contributed by atoms with Crippen molar-refractivity contribution in [1.29, 1.82) is 0 Å². The van der Waals surface area contributed by atoms with E-state index in [9.17, 15) is 38.4 Å². The number of hydrogen-bond donors (Lipinski definition) is 0. The minimum Gasteiger partial charge on any atom is -0.459 e. The summed E-state index contributed by atoms with van der Waals surface area (Å²) in [6.45, 7) is 20.4. The van der Waals surface area contributed by atoms with Gasteiger partial charge in [0.15, 0.2) is 36.6 Å². The Balaban J connectivity index is 0.727. The van der Waals surface area contributed by atoms with Crippen LogP contribution in [0, 0.1) is 10.8 Å². The molecule has 0 N–H and O–H groups in total. The van der Waals surface area contributed by atoms with Gasteiger partial charge in [0, 0.05) is 10.5 Å². The van der Waals surface area contributed by atoms with Gasteiger partial charge in [0.05, 0.1) is 44.5 Å². The molecule has 12 atom stereocenters. The van der Waals surface area contributed by atoms with Crippen molar-refractivity contribution in [2.75, 3.05) is 13.2 Å². The van der Waals surface area contributed by atoms with Crippen LogP contribution in [0.25, 0.3) is 0 Å². The lowest BCUT2D eigenvalue weighted by Crippen LogP contribution is -2.62. The van der Waals surface area contributed by atoms with E-state index in [1.807, 2.05) is 64.2 Å². The Bertz CT molecular complexity index is 5200. The summed E-state index contributed by atoms with van der Waals surface area (Å²) in [4.78, 5) is 113. The molecule has 0 saturated carbocycles. The first-order chi connectivity index (χ1) is 61.8. The van der Waals surface area contributed by atoms with E-state index in [4.69, 9.17) is 47.4 Å². The van der Waals surface area contributed by atoms with E-state index in [0.717, 1.165) is 57.4 Å². The monoisotopic (exact) mass is 1760 g/mol. The number of benzene rings is 8. The maximum Gasteiger partial charge on any atom is 0.338 e. The zero-order valence-corrected chi connectivity index (χ0v) is 75.1. The van der Waals surface area contributed by atoms with Gasteiger partial charge < -0.3 is 47.4 Å². The second kappa shape index (κ2) is 45.6. The Labute approximate surface area is 758 Å². The van der Waals surface area contributed by atoms with Gasteiger partial charge in [-0.05, 0) is 186 Å². The van der Waals surface area contributed by atoms with Gasteiger partial charge in [-0.3, -0.25) is 0 Å². The molecule has 4 aliphatic rings. The van der Waals surface area contributed by atoms with Crippen LogP contribution < -0.4 is 0 Å². The molecule has 8 aromatic rings. The van der Waals surface area contributed by atoms with Gasteiger partial charge in [-0.1, -0.05) is 292 Å². The lowest BCUT2D eigenvalue weighted by atomic mass is 9.72. The van der Waals surface area contributed by atoms with E-state index in [0.29, 0.717) is 12.8 Å². The molecule has 2 saturated heterocycles. The van der Waals surface area contributed by atoms with Crippen molar-refractivity contribution in [3.63, 3.8) is 0 Å². The van der Waals surface area contributed by atoms with Gasteiger partial charge in [-0.25, -0.2) is 38.4 Å². The quantitative estimate of drug-likeness (QED) is 0.0217. The van der Waals surface area contributed by atoms with Crippen molar-refractivity contribution in [1.82, 2.24) is 0 Å². The average molecular weight is 1760 g/mol. The third-order valence-electron chi connectivity index (χ3n) is 22.7. The van der Waals surface area contributed by atoms with E-state index in [1.165, 1.54) is 23.5 Å². The third kappa shape index (κ3) is 26.0. The van der Waals surface area contributed by atoms with Crippen molar-refractivity contribution in [3.05, 3.63) is 417 Å². The zero-order valence-electron chi connectivity index (χ0n) is 73.5. The fourth-order valence-corrected chi connectivity index (χ4v) is 18.5. The Morgan fingerprint density at radius 2 is 0.539 bits per heavy atom. The molecule has 18 nitrogen and oxygen atoms in total. The Morgan fingerprint density at radius 3 is 0.805 bits per heavy atom. The Hall–Kier alpha value is -12.7. The van der Waals surface area contributed by atoms with E-state index in [1.54, 1.807) is 243 Å². The molecule has 0 radical (unpaired) electrons. The minimum atomic E-state index is -1.48. The summed E-state index contributed by atoms with van der Waals surface area (Å²) in [6, 6.07) is 67.1. The zero-order chi connectivity index (χ0) is 90.7. The normalized spacial score (nSPS) is 22.7. The second-order valence-corrected chi connectivity index (χ2v) is 35.7. The van der Waals surface area contributed by atoms with Crippen LogP contribution in [-0.2, 0) is 47.4 Å². The second-order valence-electron chi connectivity index (χ2n) is 33.1. The van der Waals surface area contributed by atoms with Crippen LogP contribution >= 0.6 is 23.5 Å². The van der Waals surface area contributed by atoms with E-state index < -0.39 is 121 Å². The van der Waals surface area contributed by atoms with Crippen molar-refractivity contribution in [3.8, 4) is 0 Å². The van der Waals surface area contributed by atoms with Crippen molar-refractivity contribution in [2.24, 2.45) is 10.8 Å². The first-order valence-electron chi connectivity index (χ1n) is 42.9. The molecule has 660 valence electrons. The number of hydrogen-bond acceptors (Lipinski definition) is 20. The van der Waals surface area contributed by atoms with Crippen LogP contribution in [0.15, 0.2) is 372 Å². The molecule has 8 aromatic carbocycles. The highest BCUT2D eigenvalue weighted by atomic mass is 32.2. The van der Waals surface area contributed by atoms with Crippen molar-refractivity contribution in [2.45, 2.75) is 165 Å². The number of allylic oxidation sites excluding steroid dienone is 20. The van der Waals surface area contributed by atoms with Gasteiger partial charge in [-0.2, -0.15) is 0 Å². The SMILES string of the molecule is CC1=C(/C=C/C(C)=C/C=C/C(C)=C/C=C/C=C(C)/C=C/C=C(C)/C=C/C2=C(C)[C@H](S[C@@H]3O[C@H](COC(=O)c4ccccc4)[C@@H](OC(=O)c4ccccc4)[C@H](OC(=O)c4ccccc4)[C@H]3OC(=O)c3ccccc3)CCC2(C)C)C(C)(C)CC[C@H]1S[C@@H]1O[C@H](COC(=O)c2ccccc2)[C@@H](OC(=O)c2ccccc2)[C@H](OC(=O)c2ccccc2)[C@H]1OC(=O)c1ccccc1. The molecule has 0 spiro atoms. The van der Waals surface area contributed by atoms with Crippen LogP contribution in [-0.4, -0.2) is 131 Å². The number of ether oxygens (including phenoxy) is 10. The van der Waals surface area contributed by atoms with Gasteiger partial charge >= 0.3 is 47.8 Å². The van der Waals surface area contributed by atoms with E-state index in [2.05, 4.69) is 90.2 Å². The smallest absolute Gasteiger partial charge is 0.338 e. The highest BCUT2D eigenvalue weighted by molar-refractivity contribution is 8.00. The highest BCUT2D eigenvalue weighted by Crippen LogP contribution is 2.50. The van der Waals surface area contributed by atoms with Gasteiger partial charge in [0.25, 0.3) is 0 Å². The van der Waals surface area contributed by atoms with Gasteiger partial charge in [-0.15, -0.1) is 23.5 Å². The summed E-state index contributed by atoms with van der Waals surface area (Å²) >= 11 is 2.81. The molecule has 2 aliphatic heterocycles. The summed E-state index contributed by atoms with van der Waals surface area (Å²) in [7, 11) is 0. The molecule has 12 rings (SSSR count). The molecule has 2 aliphatic carbocycles.